The monoisotopic (exact) mass is 241 g/mol. The molecule has 1 heterocycles. The van der Waals surface area contributed by atoms with E-state index in [4.69, 9.17) is 0 Å². The molecule has 2 amide bonds. The first-order valence-electron chi connectivity index (χ1n) is 6.92. The zero-order valence-corrected chi connectivity index (χ0v) is 11.5. The van der Waals surface area contributed by atoms with Crippen LogP contribution in [0.25, 0.3) is 0 Å². The SMILES string of the molecule is CCCCNC(=O)N1CCC(NC)C(CC)C1. The lowest BCUT2D eigenvalue weighted by molar-refractivity contribution is 0.144. The normalized spacial score (nSPS) is 24.8. The smallest absolute Gasteiger partial charge is 0.317 e. The van der Waals surface area contributed by atoms with Gasteiger partial charge in [-0.3, -0.25) is 0 Å². The number of hydrogen-bond donors (Lipinski definition) is 2. The second-order valence-electron chi connectivity index (χ2n) is 4.88. The van der Waals surface area contributed by atoms with Gasteiger partial charge >= 0.3 is 6.03 Å². The number of nitrogens with one attached hydrogen (secondary N) is 2. The van der Waals surface area contributed by atoms with Gasteiger partial charge in [0.05, 0.1) is 0 Å². The molecule has 0 aromatic rings. The maximum Gasteiger partial charge on any atom is 0.317 e. The van der Waals surface area contributed by atoms with Gasteiger partial charge in [-0.05, 0) is 25.8 Å². The number of hydrogen-bond acceptors (Lipinski definition) is 2. The van der Waals surface area contributed by atoms with Crippen LogP contribution in [0.4, 0.5) is 4.79 Å². The van der Waals surface area contributed by atoms with E-state index in [0.29, 0.717) is 12.0 Å². The van der Waals surface area contributed by atoms with Crippen LogP contribution in [0.2, 0.25) is 0 Å². The van der Waals surface area contributed by atoms with E-state index in [0.717, 1.165) is 45.3 Å². The average Bonchev–Trinajstić information content (AvgIpc) is 2.38. The Balaban J connectivity index is 2.37. The van der Waals surface area contributed by atoms with Crippen molar-refractivity contribution in [3.8, 4) is 0 Å². The predicted molar refractivity (Wildman–Crippen MR) is 71.1 cm³/mol. The molecule has 2 unspecified atom stereocenters. The molecule has 4 heteroatoms. The van der Waals surface area contributed by atoms with Crippen LogP contribution in [-0.4, -0.2) is 43.7 Å². The van der Waals surface area contributed by atoms with Crippen molar-refractivity contribution < 1.29 is 4.79 Å². The topological polar surface area (TPSA) is 44.4 Å². The summed E-state index contributed by atoms with van der Waals surface area (Å²) in [7, 11) is 2.02. The highest BCUT2D eigenvalue weighted by Crippen LogP contribution is 2.19. The van der Waals surface area contributed by atoms with Crippen LogP contribution in [0.3, 0.4) is 0 Å². The Bertz CT molecular complexity index is 233. The van der Waals surface area contributed by atoms with Crippen molar-refractivity contribution in [3.05, 3.63) is 0 Å². The Morgan fingerprint density at radius 1 is 1.41 bits per heavy atom. The molecule has 2 atom stereocenters. The molecule has 100 valence electrons. The maximum absolute atomic E-state index is 11.9. The van der Waals surface area contributed by atoms with Gasteiger partial charge in [0.2, 0.25) is 0 Å². The van der Waals surface area contributed by atoms with Crippen molar-refractivity contribution in [2.75, 3.05) is 26.7 Å². The summed E-state index contributed by atoms with van der Waals surface area (Å²) < 4.78 is 0. The van der Waals surface area contributed by atoms with Crippen LogP contribution in [0.1, 0.15) is 39.5 Å². The number of amides is 2. The highest BCUT2D eigenvalue weighted by atomic mass is 16.2. The van der Waals surface area contributed by atoms with E-state index in [1.54, 1.807) is 0 Å². The lowest BCUT2D eigenvalue weighted by Crippen LogP contribution is -2.52. The fourth-order valence-corrected chi connectivity index (χ4v) is 2.49. The first-order valence-corrected chi connectivity index (χ1v) is 6.92. The number of likely N-dealkylation sites (tertiary alicyclic amines) is 1. The zero-order valence-electron chi connectivity index (χ0n) is 11.5. The molecule has 0 spiro atoms. The largest absolute Gasteiger partial charge is 0.338 e. The number of urea groups is 1. The summed E-state index contributed by atoms with van der Waals surface area (Å²) in [5.41, 5.74) is 0. The van der Waals surface area contributed by atoms with Gasteiger partial charge < -0.3 is 15.5 Å². The quantitative estimate of drug-likeness (QED) is 0.721. The van der Waals surface area contributed by atoms with Crippen molar-refractivity contribution in [3.63, 3.8) is 0 Å². The van der Waals surface area contributed by atoms with E-state index < -0.39 is 0 Å². The van der Waals surface area contributed by atoms with E-state index in [1.165, 1.54) is 0 Å². The highest BCUT2D eigenvalue weighted by molar-refractivity contribution is 5.74. The van der Waals surface area contributed by atoms with Gasteiger partial charge in [0.1, 0.15) is 0 Å². The van der Waals surface area contributed by atoms with Gasteiger partial charge in [-0.25, -0.2) is 4.79 Å². The van der Waals surface area contributed by atoms with E-state index in [2.05, 4.69) is 24.5 Å². The van der Waals surface area contributed by atoms with Crippen LogP contribution in [-0.2, 0) is 0 Å². The fourth-order valence-electron chi connectivity index (χ4n) is 2.49. The number of carbonyl (C=O) groups is 1. The summed E-state index contributed by atoms with van der Waals surface area (Å²) in [4.78, 5) is 13.9. The standard InChI is InChI=1S/C13H27N3O/c1-4-6-8-15-13(17)16-9-7-12(14-3)11(5-2)10-16/h11-12,14H,4-10H2,1-3H3,(H,15,17). The average molecular weight is 241 g/mol. The van der Waals surface area contributed by atoms with E-state index in [9.17, 15) is 4.79 Å². The van der Waals surface area contributed by atoms with Crippen LogP contribution < -0.4 is 10.6 Å². The molecule has 1 saturated heterocycles. The predicted octanol–water partition coefficient (Wildman–Crippen LogP) is 1.82. The molecule has 1 aliphatic rings. The molecule has 0 aromatic heterocycles. The summed E-state index contributed by atoms with van der Waals surface area (Å²) in [5.74, 6) is 0.589. The third kappa shape index (κ3) is 4.19. The van der Waals surface area contributed by atoms with Crippen molar-refractivity contribution >= 4 is 6.03 Å². The molecule has 0 bridgehead atoms. The van der Waals surface area contributed by atoms with Crippen LogP contribution in [0, 0.1) is 5.92 Å². The van der Waals surface area contributed by atoms with Gasteiger partial charge in [0, 0.05) is 25.7 Å². The number of carbonyl (C=O) groups excluding carboxylic acids is 1. The lowest BCUT2D eigenvalue weighted by Gasteiger charge is -2.38. The summed E-state index contributed by atoms with van der Waals surface area (Å²) in [6.45, 7) is 6.91. The van der Waals surface area contributed by atoms with Crippen LogP contribution in [0.5, 0.6) is 0 Å². The lowest BCUT2D eigenvalue weighted by atomic mass is 9.90. The molecule has 0 radical (unpaired) electrons. The van der Waals surface area contributed by atoms with Crippen molar-refractivity contribution in [2.24, 2.45) is 5.92 Å². The molecule has 17 heavy (non-hydrogen) atoms. The molecule has 2 N–H and O–H groups in total. The molecule has 0 aliphatic carbocycles. The number of rotatable bonds is 5. The summed E-state index contributed by atoms with van der Waals surface area (Å²) >= 11 is 0. The van der Waals surface area contributed by atoms with Crippen molar-refractivity contribution in [1.29, 1.82) is 0 Å². The molecular formula is C13H27N3O. The Labute approximate surface area is 105 Å². The van der Waals surface area contributed by atoms with Gasteiger partial charge in [-0.2, -0.15) is 0 Å². The van der Waals surface area contributed by atoms with Gasteiger partial charge in [0.15, 0.2) is 0 Å². The van der Waals surface area contributed by atoms with Crippen molar-refractivity contribution in [1.82, 2.24) is 15.5 Å². The molecule has 4 nitrogen and oxygen atoms in total. The number of piperidine rings is 1. The Morgan fingerprint density at radius 3 is 2.76 bits per heavy atom. The fraction of sp³-hybridized carbons (Fsp3) is 0.923. The third-order valence-corrected chi connectivity index (χ3v) is 3.72. The molecule has 1 aliphatic heterocycles. The highest BCUT2D eigenvalue weighted by Gasteiger charge is 2.29. The first kappa shape index (κ1) is 14.3. The molecule has 1 fully saturated rings. The van der Waals surface area contributed by atoms with Gasteiger partial charge in [0.25, 0.3) is 0 Å². The third-order valence-electron chi connectivity index (χ3n) is 3.72. The molecule has 0 saturated carbocycles. The number of nitrogens with zero attached hydrogens (tertiary/aromatic N) is 1. The Hall–Kier alpha value is -0.770. The Morgan fingerprint density at radius 2 is 2.18 bits per heavy atom. The molecule has 1 rings (SSSR count). The van der Waals surface area contributed by atoms with Crippen LogP contribution >= 0.6 is 0 Å². The summed E-state index contributed by atoms with van der Waals surface area (Å²) in [6.07, 6.45) is 4.38. The maximum atomic E-state index is 11.9. The number of unbranched alkanes of at least 4 members (excludes halogenated alkanes) is 1. The second-order valence-corrected chi connectivity index (χ2v) is 4.88. The van der Waals surface area contributed by atoms with Crippen LogP contribution in [0.15, 0.2) is 0 Å². The summed E-state index contributed by atoms with van der Waals surface area (Å²) in [6, 6.07) is 0.686. The zero-order chi connectivity index (χ0) is 12.7. The molecular weight excluding hydrogens is 214 g/mol. The van der Waals surface area contributed by atoms with Gasteiger partial charge in [-0.1, -0.05) is 26.7 Å². The Kier molecular flexibility index (Phi) is 6.34. The van der Waals surface area contributed by atoms with E-state index >= 15 is 0 Å². The van der Waals surface area contributed by atoms with Crippen molar-refractivity contribution in [2.45, 2.75) is 45.6 Å². The second kappa shape index (κ2) is 7.54. The first-order chi connectivity index (χ1) is 8.22. The van der Waals surface area contributed by atoms with E-state index in [-0.39, 0.29) is 6.03 Å². The minimum absolute atomic E-state index is 0.117. The minimum atomic E-state index is 0.117. The molecule has 0 aromatic carbocycles. The van der Waals surface area contributed by atoms with Gasteiger partial charge in [-0.15, -0.1) is 0 Å². The minimum Gasteiger partial charge on any atom is -0.338 e. The van der Waals surface area contributed by atoms with E-state index in [1.807, 2.05) is 11.9 Å². The summed E-state index contributed by atoms with van der Waals surface area (Å²) in [5, 5.41) is 6.36.